The summed E-state index contributed by atoms with van der Waals surface area (Å²) in [5.41, 5.74) is 1.32. The first kappa shape index (κ1) is 17.3. The van der Waals surface area contributed by atoms with Gasteiger partial charge in [0.1, 0.15) is 5.75 Å². The molecule has 5 heteroatoms. The Morgan fingerprint density at radius 2 is 2.04 bits per heavy atom. The van der Waals surface area contributed by atoms with E-state index in [1.807, 2.05) is 30.3 Å². The Morgan fingerprint density at radius 3 is 2.81 bits per heavy atom. The summed E-state index contributed by atoms with van der Waals surface area (Å²) in [7, 11) is 1.70. The zero-order valence-corrected chi connectivity index (χ0v) is 15.2. The average Bonchev–Trinajstić information content (AvgIpc) is 3.12. The van der Waals surface area contributed by atoms with Crippen LogP contribution >= 0.6 is 0 Å². The quantitative estimate of drug-likeness (QED) is 0.797. The van der Waals surface area contributed by atoms with E-state index in [2.05, 4.69) is 22.0 Å². The van der Waals surface area contributed by atoms with Gasteiger partial charge >= 0.3 is 0 Å². The normalized spacial score (nSPS) is 25.7. The molecule has 2 fully saturated rings. The number of nitrogens with zero attached hydrogens (tertiary/aromatic N) is 2. The van der Waals surface area contributed by atoms with Crippen LogP contribution in [0.15, 0.2) is 48.7 Å². The van der Waals surface area contributed by atoms with Gasteiger partial charge in [0, 0.05) is 31.4 Å². The lowest BCUT2D eigenvalue weighted by Gasteiger charge is -2.37. The fourth-order valence-corrected chi connectivity index (χ4v) is 4.06. The Kier molecular flexibility index (Phi) is 5.37. The van der Waals surface area contributed by atoms with E-state index in [1.165, 1.54) is 5.56 Å². The molecule has 0 radical (unpaired) electrons. The highest BCUT2D eigenvalue weighted by molar-refractivity contribution is 5.27. The molecule has 1 aliphatic carbocycles. The van der Waals surface area contributed by atoms with Crippen LogP contribution in [0.3, 0.4) is 0 Å². The molecule has 2 aliphatic rings. The molecule has 0 spiro atoms. The molecule has 5 nitrogen and oxygen atoms in total. The van der Waals surface area contributed by atoms with Gasteiger partial charge in [-0.15, -0.1) is 0 Å². The van der Waals surface area contributed by atoms with Crippen molar-refractivity contribution in [1.82, 2.24) is 9.88 Å². The highest BCUT2D eigenvalue weighted by Gasteiger charge is 2.41. The predicted molar refractivity (Wildman–Crippen MR) is 99.4 cm³/mol. The first-order valence-electron chi connectivity index (χ1n) is 9.34. The molecular formula is C21H26N2O3. The fourth-order valence-electron chi connectivity index (χ4n) is 4.06. The number of fused-ring (bicyclic) bond motifs is 1. The lowest BCUT2D eigenvalue weighted by atomic mass is 10.1. The lowest BCUT2D eigenvalue weighted by molar-refractivity contribution is -0.0590. The van der Waals surface area contributed by atoms with Gasteiger partial charge in [-0.2, -0.15) is 0 Å². The molecule has 1 aromatic heterocycles. The van der Waals surface area contributed by atoms with E-state index in [0.29, 0.717) is 30.6 Å². The van der Waals surface area contributed by atoms with E-state index in [0.717, 1.165) is 38.3 Å². The molecule has 0 amide bonds. The number of rotatable bonds is 6. The van der Waals surface area contributed by atoms with E-state index in [1.54, 1.807) is 13.3 Å². The van der Waals surface area contributed by atoms with Gasteiger partial charge in [0.25, 0.3) is 0 Å². The number of benzene rings is 1. The summed E-state index contributed by atoms with van der Waals surface area (Å²) in [6, 6.07) is 14.6. The number of methoxy groups -OCH3 is 1. The smallest absolute Gasteiger partial charge is 0.213 e. The standard InChI is InChI=1S/C21H26N2O3/c1-24-18-7-5-16(6-8-18)14-23-10-11-25-20-13-17(12-19(20)23)15-26-21-4-2-3-9-22-21/h2-9,17,19-20H,10-15H2,1H3. The topological polar surface area (TPSA) is 43.8 Å². The Labute approximate surface area is 154 Å². The summed E-state index contributed by atoms with van der Waals surface area (Å²) >= 11 is 0. The van der Waals surface area contributed by atoms with Crippen molar-refractivity contribution >= 4 is 0 Å². The van der Waals surface area contributed by atoms with Gasteiger partial charge in [-0.1, -0.05) is 18.2 Å². The third-order valence-corrected chi connectivity index (χ3v) is 5.40. The van der Waals surface area contributed by atoms with Crippen molar-refractivity contribution < 1.29 is 14.2 Å². The summed E-state index contributed by atoms with van der Waals surface area (Å²) in [4.78, 5) is 6.81. The third-order valence-electron chi connectivity index (χ3n) is 5.40. The molecule has 1 saturated heterocycles. The summed E-state index contributed by atoms with van der Waals surface area (Å²) in [6.07, 6.45) is 4.27. The molecule has 3 unspecified atom stereocenters. The van der Waals surface area contributed by atoms with Gasteiger partial charge < -0.3 is 14.2 Å². The molecule has 1 aromatic carbocycles. The van der Waals surface area contributed by atoms with Gasteiger partial charge in [-0.05, 0) is 42.5 Å². The van der Waals surface area contributed by atoms with Gasteiger partial charge in [-0.25, -0.2) is 4.98 Å². The first-order valence-corrected chi connectivity index (χ1v) is 9.34. The second-order valence-electron chi connectivity index (χ2n) is 7.11. The van der Waals surface area contributed by atoms with Crippen molar-refractivity contribution in [2.75, 3.05) is 26.9 Å². The van der Waals surface area contributed by atoms with Gasteiger partial charge in [0.05, 0.1) is 26.4 Å². The lowest BCUT2D eigenvalue weighted by Crippen LogP contribution is -2.47. The van der Waals surface area contributed by atoms with Crippen molar-refractivity contribution in [2.45, 2.75) is 31.5 Å². The largest absolute Gasteiger partial charge is 0.497 e. The van der Waals surface area contributed by atoms with Crippen LogP contribution in [0.5, 0.6) is 11.6 Å². The Balaban J connectivity index is 1.35. The predicted octanol–water partition coefficient (Wildman–Crippen LogP) is 3.15. The fraction of sp³-hybridized carbons (Fsp3) is 0.476. The third kappa shape index (κ3) is 4.00. The van der Waals surface area contributed by atoms with Crippen molar-refractivity contribution in [3.8, 4) is 11.6 Å². The van der Waals surface area contributed by atoms with Crippen LogP contribution in [-0.2, 0) is 11.3 Å². The summed E-state index contributed by atoms with van der Waals surface area (Å²) < 4.78 is 17.2. The minimum absolute atomic E-state index is 0.319. The van der Waals surface area contributed by atoms with Crippen molar-refractivity contribution in [3.05, 3.63) is 54.2 Å². The minimum atomic E-state index is 0.319. The van der Waals surface area contributed by atoms with Crippen molar-refractivity contribution in [1.29, 1.82) is 0 Å². The number of aromatic nitrogens is 1. The Bertz CT molecular complexity index is 692. The number of hydrogen-bond donors (Lipinski definition) is 0. The van der Waals surface area contributed by atoms with Gasteiger partial charge in [0.2, 0.25) is 5.88 Å². The minimum Gasteiger partial charge on any atom is -0.497 e. The maximum absolute atomic E-state index is 6.06. The summed E-state index contributed by atoms with van der Waals surface area (Å²) in [6.45, 7) is 3.47. The van der Waals surface area contributed by atoms with Crippen LogP contribution < -0.4 is 9.47 Å². The molecule has 0 bridgehead atoms. The summed E-state index contributed by atoms with van der Waals surface area (Å²) in [5, 5.41) is 0. The summed E-state index contributed by atoms with van der Waals surface area (Å²) in [5.74, 6) is 2.13. The van der Waals surface area contributed by atoms with E-state index >= 15 is 0 Å². The van der Waals surface area contributed by atoms with Crippen molar-refractivity contribution in [3.63, 3.8) is 0 Å². The van der Waals surface area contributed by atoms with Crippen LogP contribution in [-0.4, -0.2) is 48.9 Å². The second-order valence-corrected chi connectivity index (χ2v) is 7.11. The maximum atomic E-state index is 6.06. The molecular weight excluding hydrogens is 328 g/mol. The number of ether oxygens (including phenoxy) is 3. The van der Waals surface area contributed by atoms with Crippen molar-refractivity contribution in [2.24, 2.45) is 5.92 Å². The molecule has 26 heavy (non-hydrogen) atoms. The van der Waals surface area contributed by atoms with E-state index in [-0.39, 0.29) is 0 Å². The molecule has 1 aliphatic heterocycles. The van der Waals surface area contributed by atoms with Crippen LogP contribution in [0, 0.1) is 5.92 Å². The van der Waals surface area contributed by atoms with Crippen LogP contribution in [0.25, 0.3) is 0 Å². The Morgan fingerprint density at radius 1 is 1.15 bits per heavy atom. The zero-order valence-electron chi connectivity index (χ0n) is 15.2. The second kappa shape index (κ2) is 8.06. The molecule has 138 valence electrons. The molecule has 3 atom stereocenters. The Hall–Kier alpha value is -2.11. The molecule has 1 saturated carbocycles. The van der Waals surface area contributed by atoms with E-state index in [4.69, 9.17) is 14.2 Å². The monoisotopic (exact) mass is 354 g/mol. The van der Waals surface area contributed by atoms with Gasteiger partial charge in [-0.3, -0.25) is 4.90 Å². The number of pyridine rings is 1. The van der Waals surface area contributed by atoms with Crippen LogP contribution in [0.1, 0.15) is 18.4 Å². The van der Waals surface area contributed by atoms with Crippen LogP contribution in [0.4, 0.5) is 0 Å². The van der Waals surface area contributed by atoms with E-state index < -0.39 is 0 Å². The van der Waals surface area contributed by atoms with Gasteiger partial charge in [0.15, 0.2) is 0 Å². The highest BCUT2D eigenvalue weighted by Crippen LogP contribution is 2.35. The zero-order chi connectivity index (χ0) is 17.8. The van der Waals surface area contributed by atoms with Crippen LogP contribution in [0.2, 0.25) is 0 Å². The highest BCUT2D eigenvalue weighted by atomic mass is 16.5. The SMILES string of the molecule is COc1ccc(CN2CCOC3CC(COc4ccccn4)CC32)cc1. The maximum Gasteiger partial charge on any atom is 0.213 e. The first-order chi connectivity index (χ1) is 12.8. The van der Waals surface area contributed by atoms with E-state index in [9.17, 15) is 0 Å². The average molecular weight is 354 g/mol. The molecule has 0 N–H and O–H groups in total. The molecule has 2 aromatic rings. The number of morpholine rings is 1. The molecule has 4 rings (SSSR count). The number of hydrogen-bond acceptors (Lipinski definition) is 5. The molecule has 2 heterocycles.